The average molecular weight is 471 g/mol. The second-order valence-corrected chi connectivity index (χ2v) is 8.54. The van der Waals surface area contributed by atoms with Crippen molar-refractivity contribution in [2.24, 2.45) is 0 Å². The first-order valence-corrected chi connectivity index (χ1v) is 11.2. The molecule has 0 amide bonds. The van der Waals surface area contributed by atoms with E-state index < -0.39 is 5.97 Å². The van der Waals surface area contributed by atoms with Crippen molar-refractivity contribution in [2.45, 2.75) is 25.6 Å². The summed E-state index contributed by atoms with van der Waals surface area (Å²) in [4.78, 5) is 22.2. The Bertz CT molecular complexity index is 1340. The van der Waals surface area contributed by atoms with Gasteiger partial charge in [-0.1, -0.05) is 18.2 Å². The highest BCUT2D eigenvalue weighted by Crippen LogP contribution is 2.41. The van der Waals surface area contributed by atoms with Crippen LogP contribution in [0.4, 0.5) is 0 Å². The van der Waals surface area contributed by atoms with E-state index in [4.69, 9.17) is 16.6 Å². The van der Waals surface area contributed by atoms with Gasteiger partial charge in [0.05, 0.1) is 17.3 Å². The molecule has 4 heterocycles. The van der Waals surface area contributed by atoms with Crippen LogP contribution in [0, 0.1) is 6.92 Å². The summed E-state index contributed by atoms with van der Waals surface area (Å²) in [6.07, 6.45) is 5.34. The molecule has 0 bridgehead atoms. The van der Waals surface area contributed by atoms with E-state index in [1.54, 1.807) is 30.6 Å². The predicted molar refractivity (Wildman–Crippen MR) is 131 cm³/mol. The Morgan fingerprint density at radius 2 is 2.03 bits per heavy atom. The SMILES string of the molecule is Cc1cc(C(=O)O)ccc1-c1ccc(C2C(c3ccccn3)NC(=S)N2Cc2cccnc2)o1. The molecule has 1 aliphatic heterocycles. The van der Waals surface area contributed by atoms with E-state index >= 15 is 0 Å². The van der Waals surface area contributed by atoms with Crippen LogP contribution in [-0.4, -0.2) is 31.1 Å². The van der Waals surface area contributed by atoms with E-state index in [-0.39, 0.29) is 17.6 Å². The molecular formula is C26H22N4O3S. The highest BCUT2D eigenvalue weighted by molar-refractivity contribution is 7.80. The van der Waals surface area contributed by atoms with Crippen molar-refractivity contribution < 1.29 is 14.3 Å². The molecule has 4 aromatic rings. The number of carbonyl (C=O) groups is 1. The number of nitrogens with one attached hydrogen (secondary N) is 1. The van der Waals surface area contributed by atoms with Crippen LogP contribution in [0.1, 0.15) is 45.0 Å². The van der Waals surface area contributed by atoms with Crippen molar-refractivity contribution in [1.82, 2.24) is 20.2 Å². The Morgan fingerprint density at radius 3 is 2.74 bits per heavy atom. The van der Waals surface area contributed by atoms with Gasteiger partial charge in [0.15, 0.2) is 5.11 Å². The van der Waals surface area contributed by atoms with Crippen molar-refractivity contribution in [2.75, 3.05) is 0 Å². The van der Waals surface area contributed by atoms with Gasteiger partial charge in [0.1, 0.15) is 17.6 Å². The van der Waals surface area contributed by atoms with Crippen LogP contribution < -0.4 is 5.32 Å². The number of hydrogen-bond donors (Lipinski definition) is 2. The van der Waals surface area contributed by atoms with Crippen LogP contribution in [-0.2, 0) is 6.54 Å². The third kappa shape index (κ3) is 4.15. The molecule has 5 rings (SSSR count). The molecule has 170 valence electrons. The summed E-state index contributed by atoms with van der Waals surface area (Å²) in [5, 5.41) is 13.3. The molecule has 34 heavy (non-hydrogen) atoms. The highest BCUT2D eigenvalue weighted by Gasteiger charge is 2.41. The Labute approximate surface area is 202 Å². The number of aryl methyl sites for hydroxylation is 1. The number of pyridine rings is 2. The molecular weight excluding hydrogens is 448 g/mol. The van der Waals surface area contributed by atoms with Crippen LogP contribution in [0.2, 0.25) is 0 Å². The smallest absolute Gasteiger partial charge is 0.335 e. The first kappa shape index (κ1) is 21.8. The average Bonchev–Trinajstić information content (AvgIpc) is 3.45. The van der Waals surface area contributed by atoms with Gasteiger partial charge in [0, 0.05) is 30.7 Å². The van der Waals surface area contributed by atoms with Crippen LogP contribution in [0.5, 0.6) is 0 Å². The van der Waals surface area contributed by atoms with E-state index in [1.165, 1.54) is 0 Å². The Morgan fingerprint density at radius 1 is 1.15 bits per heavy atom. The fourth-order valence-corrected chi connectivity index (χ4v) is 4.61. The standard InChI is InChI=1S/C26H22N4O3S/c1-16-13-18(25(31)32)7-8-19(16)21-9-10-22(33-21)24-23(20-6-2-3-12-28-20)29-26(34)30(24)15-17-5-4-11-27-14-17/h2-14,23-24H,15H2,1H3,(H,29,34)(H,31,32). The van der Waals surface area contributed by atoms with Crippen LogP contribution >= 0.6 is 12.2 Å². The van der Waals surface area contributed by atoms with Crippen molar-refractivity contribution in [3.05, 3.63) is 107 Å². The van der Waals surface area contributed by atoms with Crippen molar-refractivity contribution in [1.29, 1.82) is 0 Å². The second-order valence-electron chi connectivity index (χ2n) is 8.15. The van der Waals surface area contributed by atoms with Gasteiger partial charge in [-0.3, -0.25) is 9.97 Å². The monoisotopic (exact) mass is 470 g/mol. The van der Waals surface area contributed by atoms with Gasteiger partial charge in [-0.05, 0) is 72.7 Å². The van der Waals surface area contributed by atoms with Crippen molar-refractivity contribution >= 4 is 23.3 Å². The maximum atomic E-state index is 11.3. The molecule has 3 aromatic heterocycles. The second kappa shape index (κ2) is 9.07. The first-order valence-electron chi connectivity index (χ1n) is 10.8. The lowest BCUT2D eigenvalue weighted by Gasteiger charge is -2.26. The molecule has 1 aromatic carbocycles. The summed E-state index contributed by atoms with van der Waals surface area (Å²) in [6.45, 7) is 2.44. The number of thiocarbonyl (C=S) groups is 1. The van der Waals surface area contributed by atoms with Crippen LogP contribution in [0.3, 0.4) is 0 Å². The summed E-state index contributed by atoms with van der Waals surface area (Å²) in [6, 6.07) is 18.2. The molecule has 0 aliphatic carbocycles. The number of rotatable bonds is 6. The molecule has 2 unspecified atom stereocenters. The van der Waals surface area contributed by atoms with Gasteiger partial charge in [-0.25, -0.2) is 4.79 Å². The lowest BCUT2D eigenvalue weighted by atomic mass is 10.0. The number of aromatic carboxylic acids is 1. The minimum absolute atomic E-state index is 0.195. The van der Waals surface area contributed by atoms with Gasteiger partial charge in [-0.15, -0.1) is 0 Å². The van der Waals surface area contributed by atoms with Gasteiger partial charge in [-0.2, -0.15) is 0 Å². The predicted octanol–water partition coefficient (Wildman–Crippen LogP) is 4.92. The molecule has 2 atom stereocenters. The summed E-state index contributed by atoms with van der Waals surface area (Å²) >= 11 is 5.72. The summed E-state index contributed by atoms with van der Waals surface area (Å²) in [5.41, 5.74) is 3.82. The molecule has 7 nitrogen and oxygen atoms in total. The largest absolute Gasteiger partial charge is 0.478 e. The summed E-state index contributed by atoms with van der Waals surface area (Å²) in [7, 11) is 0. The van der Waals surface area contributed by atoms with E-state index in [0.29, 0.717) is 17.4 Å². The first-order chi connectivity index (χ1) is 16.5. The number of hydrogen-bond acceptors (Lipinski definition) is 5. The Hall–Kier alpha value is -4.04. The van der Waals surface area contributed by atoms with Gasteiger partial charge >= 0.3 is 5.97 Å². The number of nitrogens with zero attached hydrogens (tertiary/aromatic N) is 3. The van der Waals surface area contributed by atoms with Crippen LogP contribution in [0.15, 0.2) is 83.7 Å². The lowest BCUT2D eigenvalue weighted by molar-refractivity contribution is 0.0697. The summed E-state index contributed by atoms with van der Waals surface area (Å²) in [5.74, 6) is 0.455. The highest BCUT2D eigenvalue weighted by atomic mass is 32.1. The zero-order valence-electron chi connectivity index (χ0n) is 18.4. The van der Waals surface area contributed by atoms with Crippen molar-refractivity contribution in [3.63, 3.8) is 0 Å². The molecule has 0 spiro atoms. The van der Waals surface area contributed by atoms with E-state index in [9.17, 15) is 9.90 Å². The maximum absolute atomic E-state index is 11.3. The minimum Gasteiger partial charge on any atom is -0.478 e. The van der Waals surface area contributed by atoms with Gasteiger partial charge in [0.2, 0.25) is 0 Å². The molecule has 0 saturated carbocycles. The molecule has 0 radical (unpaired) electrons. The third-order valence-corrected chi connectivity index (χ3v) is 6.28. The van der Waals surface area contributed by atoms with E-state index in [0.717, 1.165) is 28.1 Å². The zero-order chi connectivity index (χ0) is 23.7. The number of carboxylic acid groups (broad SMARTS) is 1. The normalized spacial score (nSPS) is 17.6. The maximum Gasteiger partial charge on any atom is 0.335 e. The van der Waals surface area contributed by atoms with Crippen LogP contribution in [0.25, 0.3) is 11.3 Å². The third-order valence-electron chi connectivity index (χ3n) is 5.93. The fraction of sp³-hybridized carbons (Fsp3) is 0.154. The molecule has 8 heteroatoms. The lowest BCUT2D eigenvalue weighted by Crippen LogP contribution is -2.29. The number of aromatic nitrogens is 2. The van der Waals surface area contributed by atoms with Gasteiger partial charge in [0.25, 0.3) is 0 Å². The molecule has 1 fully saturated rings. The molecule has 1 aliphatic rings. The number of furan rings is 1. The zero-order valence-corrected chi connectivity index (χ0v) is 19.2. The van der Waals surface area contributed by atoms with Crippen molar-refractivity contribution in [3.8, 4) is 11.3 Å². The Balaban J connectivity index is 1.53. The van der Waals surface area contributed by atoms with E-state index in [1.807, 2.05) is 55.6 Å². The number of carboxylic acids is 1. The van der Waals surface area contributed by atoms with E-state index in [2.05, 4.69) is 20.2 Å². The topological polar surface area (TPSA) is 91.5 Å². The molecule has 2 N–H and O–H groups in total. The quantitative estimate of drug-likeness (QED) is 0.384. The summed E-state index contributed by atoms with van der Waals surface area (Å²) < 4.78 is 6.37. The fourth-order valence-electron chi connectivity index (χ4n) is 4.30. The minimum atomic E-state index is -0.954. The Kier molecular flexibility index (Phi) is 5.81. The van der Waals surface area contributed by atoms with Gasteiger partial charge < -0.3 is 19.7 Å². The number of benzene rings is 1. The molecule has 1 saturated heterocycles.